The van der Waals surface area contributed by atoms with Crippen LogP contribution in [0.15, 0.2) is 0 Å². The highest BCUT2D eigenvalue weighted by Gasteiger charge is 2.24. The summed E-state index contributed by atoms with van der Waals surface area (Å²) < 4.78 is 0. The molecule has 0 aliphatic rings. The van der Waals surface area contributed by atoms with Gasteiger partial charge in [0, 0.05) is 76.9 Å². The maximum absolute atomic E-state index is 12.3. The number of aliphatic hydroxyl groups excluding tert-OH is 1. The van der Waals surface area contributed by atoms with Crippen molar-refractivity contribution in [2.24, 2.45) is 23.3 Å². The van der Waals surface area contributed by atoms with E-state index in [1.807, 2.05) is 13.8 Å². The number of Topliss-reactive ketones (excluding diaryl/α,β-unsaturated/α-hetero) is 5. The summed E-state index contributed by atoms with van der Waals surface area (Å²) in [6.07, 6.45) is 35.0. The van der Waals surface area contributed by atoms with Gasteiger partial charge in [0.05, 0.1) is 30.6 Å². The van der Waals surface area contributed by atoms with Gasteiger partial charge in [-0.3, -0.25) is 47.9 Å². The summed E-state index contributed by atoms with van der Waals surface area (Å²) in [6, 6.07) is -2.62. The van der Waals surface area contributed by atoms with Crippen LogP contribution in [0.2, 0.25) is 0 Å². The molecule has 0 aromatic carbocycles. The number of hydrogen-bond donors (Lipinski definition) is 11. The van der Waals surface area contributed by atoms with E-state index >= 15 is 0 Å². The number of carboxylic acid groups (broad SMARTS) is 3. The Morgan fingerprint density at radius 1 is 0.406 bits per heavy atom. The number of aliphatic hydroxyl groups is 1. The molecule has 0 radical (unpaired) electrons. The van der Waals surface area contributed by atoms with Gasteiger partial charge < -0.3 is 63.3 Å². The van der Waals surface area contributed by atoms with Gasteiger partial charge in [-0.1, -0.05) is 169 Å². The van der Waals surface area contributed by atoms with Crippen LogP contribution in [0.5, 0.6) is 0 Å². The Morgan fingerprint density at radius 3 is 1.26 bits per heavy atom. The molecule has 0 spiro atoms. The highest BCUT2D eigenvalue weighted by Crippen LogP contribution is 2.19. The minimum Gasteiger partial charge on any atom is -0.481 e. The summed E-state index contributed by atoms with van der Waals surface area (Å²) >= 11 is 0. The first-order valence-corrected chi connectivity index (χ1v) is 37.1. The molecule has 0 saturated heterocycles. The lowest BCUT2D eigenvalue weighted by Gasteiger charge is -2.15. The quantitative estimate of drug-likeness (QED) is 0.0252. The molecule has 13 N–H and O–H groups in total. The number of ketones is 5. The largest absolute Gasteiger partial charge is 0.481 e. The highest BCUT2D eigenvalue weighted by atomic mass is 16.4. The van der Waals surface area contributed by atoms with Gasteiger partial charge in [0.2, 0.25) is 23.6 Å². The molecular formula is C73H135N7O16. The van der Waals surface area contributed by atoms with Crippen LogP contribution < -0.4 is 38.1 Å². The van der Waals surface area contributed by atoms with Gasteiger partial charge in [0.15, 0.2) is 5.78 Å². The van der Waals surface area contributed by atoms with Crippen molar-refractivity contribution in [1.29, 1.82) is 0 Å². The fourth-order valence-corrected chi connectivity index (χ4v) is 10.3. The summed E-state index contributed by atoms with van der Waals surface area (Å²) in [4.78, 5) is 140. The lowest BCUT2D eigenvalue weighted by atomic mass is 9.93. The number of amides is 4. The number of nitrogens with one attached hydrogen (secondary N) is 5. The Labute approximate surface area is 577 Å². The Hall–Kier alpha value is -5.52. The van der Waals surface area contributed by atoms with E-state index in [9.17, 15) is 67.7 Å². The van der Waals surface area contributed by atoms with Crippen LogP contribution >= 0.6 is 0 Å². The predicted octanol–water partition coefficient (Wildman–Crippen LogP) is 11.0. The number of carboxylic acids is 3. The van der Waals surface area contributed by atoms with Gasteiger partial charge in [-0.05, 0) is 104 Å². The second-order valence-corrected chi connectivity index (χ2v) is 26.2. The molecule has 0 fully saturated rings. The zero-order chi connectivity index (χ0) is 72.6. The Morgan fingerprint density at radius 2 is 0.823 bits per heavy atom. The Kier molecular flexibility index (Phi) is 65.8. The molecule has 0 unspecified atom stereocenters. The molecule has 4 amide bonds. The minimum atomic E-state index is -1.14. The molecule has 6 atom stereocenters. The third-order valence-corrected chi connectivity index (χ3v) is 17.1. The average Bonchev–Trinajstić information content (AvgIpc) is 2.09. The number of aliphatic carboxylic acids is 3. The molecule has 0 bridgehead atoms. The van der Waals surface area contributed by atoms with Gasteiger partial charge in [-0.25, -0.2) is 4.79 Å². The zero-order valence-electron chi connectivity index (χ0n) is 60.5. The van der Waals surface area contributed by atoms with Crippen molar-refractivity contribution < 1.29 is 78.0 Å². The molecule has 0 aliphatic carbocycles. The average molecular weight is 1370 g/mol. The van der Waals surface area contributed by atoms with Gasteiger partial charge in [0.1, 0.15) is 35.8 Å². The number of hydrogen-bond acceptors (Lipinski definition) is 16. The summed E-state index contributed by atoms with van der Waals surface area (Å²) in [5, 5.41) is 49.9. The minimum absolute atomic E-state index is 0.00759. The number of carbonyl (C=O) groups is 12. The monoisotopic (exact) mass is 1370 g/mol. The smallest absolute Gasteiger partial charge is 0.326 e. The molecule has 96 heavy (non-hydrogen) atoms. The van der Waals surface area contributed by atoms with Crippen LogP contribution in [0, 0.1) is 11.8 Å². The summed E-state index contributed by atoms with van der Waals surface area (Å²) in [6.45, 7) is 12.7. The fraction of sp³-hybridized carbons (Fsp3) is 0.836. The van der Waals surface area contributed by atoms with Crippen molar-refractivity contribution in [2.45, 2.75) is 348 Å². The van der Waals surface area contributed by atoms with E-state index in [1.165, 1.54) is 25.7 Å². The molecule has 0 aromatic heterocycles. The predicted molar refractivity (Wildman–Crippen MR) is 378 cm³/mol. The van der Waals surface area contributed by atoms with E-state index in [4.69, 9.17) is 21.7 Å². The van der Waals surface area contributed by atoms with Crippen molar-refractivity contribution in [3.63, 3.8) is 0 Å². The van der Waals surface area contributed by atoms with Gasteiger partial charge in [-0.2, -0.15) is 0 Å². The number of unbranched alkanes of at least 4 members (excludes halogenated alkanes) is 25. The number of nitrogens with two attached hydrogens (primary N) is 2. The van der Waals surface area contributed by atoms with E-state index in [0.717, 1.165) is 154 Å². The van der Waals surface area contributed by atoms with Gasteiger partial charge in [-0.15, -0.1) is 0 Å². The first-order valence-electron chi connectivity index (χ1n) is 37.1. The van der Waals surface area contributed by atoms with Crippen LogP contribution in [-0.2, 0) is 57.5 Å². The summed E-state index contributed by atoms with van der Waals surface area (Å²) in [7, 11) is 0. The maximum atomic E-state index is 12.3. The third kappa shape index (κ3) is 63.2. The molecule has 0 aliphatic heterocycles. The van der Waals surface area contributed by atoms with E-state index in [0.29, 0.717) is 77.4 Å². The SMILES string of the molecule is CCCCCNC(=O)[C@@H](N)CCCCCC(=O)CC[C@H](CC(=O)CCCCCCCCCCCCC(=O)O)C(=O)O.CCCCCNC(=O)[C@@H](N)CCCCNC(=O)CC[C@H](NC(=O)CCCCCCCCCCCCC(C)=O)C(=O)O.CC[C@@H](C)C(=O)CN[C@@H](C)C(=O)CO. The first kappa shape index (κ1) is 94.7. The Bertz CT molecular complexity index is 1990. The van der Waals surface area contributed by atoms with Crippen LogP contribution in [0.1, 0.15) is 324 Å². The Balaban J connectivity index is -0.00000150. The molecule has 0 aromatic rings. The third-order valence-electron chi connectivity index (χ3n) is 17.1. The molecule has 0 saturated carbocycles. The number of rotatable bonds is 65. The van der Waals surface area contributed by atoms with Crippen molar-refractivity contribution in [2.75, 3.05) is 32.8 Å². The van der Waals surface area contributed by atoms with Crippen LogP contribution in [-0.4, -0.2) is 148 Å². The van der Waals surface area contributed by atoms with Crippen molar-refractivity contribution >= 4 is 70.5 Å². The molecule has 558 valence electrons. The van der Waals surface area contributed by atoms with Crippen molar-refractivity contribution in [3.8, 4) is 0 Å². The summed E-state index contributed by atoms with van der Waals surface area (Å²) in [5.41, 5.74) is 11.8. The summed E-state index contributed by atoms with van der Waals surface area (Å²) in [5.74, 6) is -4.45. The van der Waals surface area contributed by atoms with E-state index in [1.54, 1.807) is 13.8 Å². The first-order chi connectivity index (χ1) is 45.9. The second kappa shape index (κ2) is 66.7. The maximum Gasteiger partial charge on any atom is 0.326 e. The molecule has 0 rings (SSSR count). The van der Waals surface area contributed by atoms with Crippen LogP contribution in [0.3, 0.4) is 0 Å². The van der Waals surface area contributed by atoms with Crippen molar-refractivity contribution in [3.05, 3.63) is 0 Å². The van der Waals surface area contributed by atoms with Crippen LogP contribution in [0.25, 0.3) is 0 Å². The number of carbonyl (C=O) groups excluding carboxylic acids is 9. The van der Waals surface area contributed by atoms with Gasteiger partial charge in [0.25, 0.3) is 0 Å². The van der Waals surface area contributed by atoms with E-state index in [2.05, 4.69) is 40.4 Å². The zero-order valence-corrected chi connectivity index (χ0v) is 60.5. The van der Waals surface area contributed by atoms with E-state index < -0.39 is 54.6 Å². The topological polar surface area (TPSA) is 398 Å². The molecule has 23 heteroatoms. The lowest BCUT2D eigenvalue weighted by Crippen LogP contribution is -2.41. The molecule has 23 nitrogen and oxygen atoms in total. The molecule has 0 heterocycles. The normalized spacial score (nSPS) is 12.8. The highest BCUT2D eigenvalue weighted by molar-refractivity contribution is 5.87. The standard InChI is InChI=1S/C32H58N2O7.C31H58N4O6.C10H19NO3/c1-2-3-17-24-34-31(39)29(33)20-15-12-14-18-27(35)23-22-26(32(40)41)25-28(36)19-13-10-8-6-4-5-7-9-11-16-21-30(37)38;1-3-4-16-24-34-30(39)26(32)19-15-17-23-33-28(37)22-21-27(31(40)41)35-29(38)20-14-12-10-8-6-5-7-9-11-13-18-25(2)36;1-4-7(2)9(13)5-11-8(3)10(14)6-12/h26,29H,2-25,33H2,1H3,(H,34,39)(H,37,38)(H,40,41);26-27H,3-24,32H2,1-2H3,(H,33,37)(H,34,39)(H,35,38)(H,40,41);7-8,11-12H,4-6H2,1-3H3/t26-,29+;26-,27-;7-,8+/m101/s1. The second-order valence-electron chi connectivity index (χ2n) is 26.2. The van der Waals surface area contributed by atoms with Crippen molar-refractivity contribution in [1.82, 2.24) is 26.6 Å². The lowest BCUT2D eigenvalue weighted by molar-refractivity contribution is -0.144. The fourth-order valence-electron chi connectivity index (χ4n) is 10.3. The molecular weight excluding hydrogens is 1230 g/mol. The van der Waals surface area contributed by atoms with Crippen LogP contribution in [0.4, 0.5) is 0 Å². The van der Waals surface area contributed by atoms with Gasteiger partial charge >= 0.3 is 17.9 Å². The van der Waals surface area contributed by atoms with E-state index in [-0.39, 0.29) is 110 Å².